The van der Waals surface area contributed by atoms with Gasteiger partial charge in [0.2, 0.25) is 0 Å². The molecule has 132 valence electrons. The molecule has 0 aliphatic rings. The van der Waals surface area contributed by atoms with Crippen LogP contribution in [0.3, 0.4) is 0 Å². The van der Waals surface area contributed by atoms with Crippen LogP contribution in [0.4, 0.5) is 0 Å². The molecule has 0 atom stereocenters. The molecule has 5 nitrogen and oxygen atoms in total. The lowest BCUT2D eigenvalue weighted by Gasteiger charge is -2.08. The van der Waals surface area contributed by atoms with Crippen molar-refractivity contribution < 1.29 is 18.7 Å². The molecule has 1 heterocycles. The summed E-state index contributed by atoms with van der Waals surface area (Å²) in [6.07, 6.45) is 0. The van der Waals surface area contributed by atoms with Crippen LogP contribution < -0.4 is 10.4 Å². The zero-order chi connectivity index (χ0) is 18.5. The van der Waals surface area contributed by atoms with Crippen LogP contribution in [-0.4, -0.2) is 19.2 Å². The molecule has 0 fully saturated rings. The fourth-order valence-corrected chi connectivity index (χ4v) is 2.42. The average molecular weight is 350 g/mol. The van der Waals surface area contributed by atoms with Crippen molar-refractivity contribution in [2.45, 2.75) is 6.92 Å². The molecule has 0 unspecified atom stereocenters. The Morgan fingerprint density at radius 1 is 1.08 bits per heavy atom. The van der Waals surface area contributed by atoms with Gasteiger partial charge < -0.3 is 13.9 Å². The SMILES string of the molecule is C=C(C)C(=O)OCCOc1ccc2cc(-c3ccccc3)c(=O)oc2c1. The van der Waals surface area contributed by atoms with Crippen LogP contribution >= 0.6 is 0 Å². The van der Waals surface area contributed by atoms with Gasteiger partial charge in [0.25, 0.3) is 0 Å². The Balaban J connectivity index is 1.74. The van der Waals surface area contributed by atoms with E-state index in [0.29, 0.717) is 22.5 Å². The van der Waals surface area contributed by atoms with Crippen molar-refractivity contribution in [3.63, 3.8) is 0 Å². The fourth-order valence-electron chi connectivity index (χ4n) is 2.42. The van der Waals surface area contributed by atoms with Crippen LogP contribution in [0.25, 0.3) is 22.1 Å². The van der Waals surface area contributed by atoms with E-state index in [1.54, 1.807) is 25.1 Å². The molecule has 0 radical (unpaired) electrons. The lowest BCUT2D eigenvalue weighted by atomic mass is 10.1. The molecular weight excluding hydrogens is 332 g/mol. The third-order valence-electron chi connectivity index (χ3n) is 3.73. The topological polar surface area (TPSA) is 65.7 Å². The molecule has 0 bridgehead atoms. The first-order valence-electron chi connectivity index (χ1n) is 8.13. The van der Waals surface area contributed by atoms with Gasteiger partial charge in [-0.15, -0.1) is 0 Å². The molecular formula is C21H18O5. The van der Waals surface area contributed by atoms with E-state index in [1.807, 2.05) is 36.4 Å². The summed E-state index contributed by atoms with van der Waals surface area (Å²) in [5.41, 5.74) is 1.69. The summed E-state index contributed by atoms with van der Waals surface area (Å²) in [7, 11) is 0. The first-order valence-corrected chi connectivity index (χ1v) is 8.13. The largest absolute Gasteiger partial charge is 0.490 e. The summed E-state index contributed by atoms with van der Waals surface area (Å²) >= 11 is 0. The second-order valence-corrected chi connectivity index (χ2v) is 5.78. The van der Waals surface area contributed by atoms with Crippen molar-refractivity contribution in [1.82, 2.24) is 0 Å². The lowest BCUT2D eigenvalue weighted by Crippen LogP contribution is -2.12. The normalized spacial score (nSPS) is 10.5. The monoisotopic (exact) mass is 350 g/mol. The van der Waals surface area contributed by atoms with Gasteiger partial charge in [-0.3, -0.25) is 0 Å². The van der Waals surface area contributed by atoms with E-state index in [-0.39, 0.29) is 13.2 Å². The summed E-state index contributed by atoms with van der Waals surface area (Å²) in [6, 6.07) is 16.4. The Bertz CT molecular complexity index is 1000. The Hall–Kier alpha value is -3.34. The van der Waals surface area contributed by atoms with E-state index in [4.69, 9.17) is 13.9 Å². The number of carbonyl (C=O) groups excluding carboxylic acids is 1. The molecule has 1 aromatic heterocycles. The van der Waals surface area contributed by atoms with E-state index in [1.165, 1.54) is 0 Å². The summed E-state index contributed by atoms with van der Waals surface area (Å²) < 4.78 is 15.9. The molecule has 0 saturated heterocycles. The molecule has 5 heteroatoms. The molecule has 26 heavy (non-hydrogen) atoms. The highest BCUT2D eigenvalue weighted by Gasteiger charge is 2.09. The molecule has 3 rings (SSSR count). The van der Waals surface area contributed by atoms with Crippen molar-refractivity contribution >= 4 is 16.9 Å². The molecule has 0 aliphatic carbocycles. The van der Waals surface area contributed by atoms with E-state index < -0.39 is 11.6 Å². The summed E-state index contributed by atoms with van der Waals surface area (Å²) in [5.74, 6) is 0.0750. The van der Waals surface area contributed by atoms with Gasteiger partial charge in [0.05, 0.1) is 5.56 Å². The number of rotatable bonds is 6. The molecule has 0 amide bonds. The van der Waals surface area contributed by atoms with Crippen molar-refractivity contribution in [3.8, 4) is 16.9 Å². The van der Waals surface area contributed by atoms with Crippen molar-refractivity contribution in [2.24, 2.45) is 0 Å². The number of hydrogen-bond donors (Lipinski definition) is 0. The zero-order valence-corrected chi connectivity index (χ0v) is 14.4. The van der Waals surface area contributed by atoms with Gasteiger partial charge in [0.1, 0.15) is 24.5 Å². The van der Waals surface area contributed by atoms with E-state index >= 15 is 0 Å². The molecule has 0 spiro atoms. The Labute approximate surface area is 150 Å². The van der Waals surface area contributed by atoms with Gasteiger partial charge >= 0.3 is 11.6 Å². The number of carbonyl (C=O) groups is 1. The van der Waals surface area contributed by atoms with Crippen LogP contribution in [0.15, 0.2) is 76.0 Å². The lowest BCUT2D eigenvalue weighted by molar-refractivity contribution is -0.139. The van der Waals surface area contributed by atoms with Crippen molar-refractivity contribution in [3.05, 3.63) is 77.2 Å². The maximum atomic E-state index is 12.3. The van der Waals surface area contributed by atoms with E-state index in [9.17, 15) is 9.59 Å². The minimum absolute atomic E-state index is 0.112. The smallest absolute Gasteiger partial charge is 0.344 e. The van der Waals surface area contributed by atoms with Crippen LogP contribution in [-0.2, 0) is 9.53 Å². The maximum absolute atomic E-state index is 12.3. The summed E-state index contributed by atoms with van der Waals surface area (Å²) in [4.78, 5) is 23.6. The highest BCUT2D eigenvalue weighted by atomic mass is 16.6. The van der Waals surface area contributed by atoms with Gasteiger partial charge in [0, 0.05) is 17.0 Å². The van der Waals surface area contributed by atoms with Gasteiger partial charge in [-0.05, 0) is 30.7 Å². The highest BCUT2D eigenvalue weighted by Crippen LogP contribution is 2.24. The predicted molar refractivity (Wildman–Crippen MR) is 99.2 cm³/mol. The second-order valence-electron chi connectivity index (χ2n) is 5.78. The van der Waals surface area contributed by atoms with Gasteiger partial charge in [-0.1, -0.05) is 36.9 Å². The molecule has 0 saturated carbocycles. The van der Waals surface area contributed by atoms with Crippen molar-refractivity contribution in [2.75, 3.05) is 13.2 Å². The second kappa shape index (κ2) is 7.70. The van der Waals surface area contributed by atoms with Crippen LogP contribution in [0, 0.1) is 0 Å². The third-order valence-corrected chi connectivity index (χ3v) is 3.73. The highest BCUT2D eigenvalue weighted by molar-refractivity contribution is 5.87. The standard InChI is InChI=1S/C21H18O5/c1-14(2)20(22)25-11-10-24-17-9-8-16-12-18(15-6-4-3-5-7-15)21(23)26-19(16)13-17/h3-9,12-13H,1,10-11H2,2H3. The number of fused-ring (bicyclic) bond motifs is 1. The Kier molecular flexibility index (Phi) is 5.17. The quantitative estimate of drug-likeness (QED) is 0.291. The average Bonchev–Trinajstić information content (AvgIpc) is 2.65. The molecule has 0 aliphatic heterocycles. The Morgan fingerprint density at radius 3 is 2.58 bits per heavy atom. The van der Waals surface area contributed by atoms with Crippen LogP contribution in [0.5, 0.6) is 5.75 Å². The van der Waals surface area contributed by atoms with Crippen molar-refractivity contribution in [1.29, 1.82) is 0 Å². The fraction of sp³-hybridized carbons (Fsp3) is 0.143. The van der Waals surface area contributed by atoms with Gasteiger partial charge in [-0.25, -0.2) is 9.59 Å². The number of ether oxygens (including phenoxy) is 2. The molecule has 0 N–H and O–H groups in total. The minimum Gasteiger partial charge on any atom is -0.490 e. The third kappa shape index (κ3) is 4.00. The van der Waals surface area contributed by atoms with Gasteiger partial charge in [-0.2, -0.15) is 0 Å². The summed E-state index contributed by atoms with van der Waals surface area (Å²) in [5, 5.41) is 0.796. The number of hydrogen-bond acceptors (Lipinski definition) is 5. The summed E-state index contributed by atoms with van der Waals surface area (Å²) in [6.45, 7) is 5.39. The predicted octanol–water partition coefficient (Wildman–Crippen LogP) is 3.96. The van der Waals surface area contributed by atoms with E-state index in [0.717, 1.165) is 10.9 Å². The number of benzene rings is 2. The molecule has 2 aromatic carbocycles. The van der Waals surface area contributed by atoms with Crippen LogP contribution in [0.2, 0.25) is 0 Å². The van der Waals surface area contributed by atoms with Gasteiger partial charge in [0.15, 0.2) is 0 Å². The van der Waals surface area contributed by atoms with Crippen LogP contribution in [0.1, 0.15) is 6.92 Å². The maximum Gasteiger partial charge on any atom is 0.344 e. The minimum atomic E-state index is -0.452. The number of esters is 1. The van der Waals surface area contributed by atoms with E-state index in [2.05, 4.69) is 6.58 Å². The first kappa shape index (κ1) is 17.5. The zero-order valence-electron chi connectivity index (χ0n) is 14.4. The molecule has 3 aromatic rings. The Morgan fingerprint density at radius 2 is 1.85 bits per heavy atom. The first-order chi connectivity index (χ1) is 12.5.